The average Bonchev–Trinajstić information content (AvgIpc) is 2.51. The molecule has 0 saturated carbocycles. The van der Waals surface area contributed by atoms with Gasteiger partial charge in [0, 0.05) is 33.2 Å². The second kappa shape index (κ2) is 6.91. The number of carbonyl (C=O) groups excluding carboxylic acids is 1. The molecule has 0 spiro atoms. The first-order chi connectivity index (χ1) is 10.1. The lowest BCUT2D eigenvalue weighted by molar-refractivity contribution is -0.122. The van der Waals surface area contributed by atoms with Crippen LogP contribution in [0, 0.1) is 0 Å². The standard InChI is InChI=1S/C13H20ClN5O2/c1-3-5-19-13(21)11(14)9(8-17-19)18-6-4-16-7-10(18)12(20)15-2/h8,10,16H,3-7H2,1-2H3,(H,15,20). The molecule has 0 aliphatic carbocycles. The highest BCUT2D eigenvalue weighted by Gasteiger charge is 2.30. The normalized spacial score (nSPS) is 18.6. The molecule has 1 amide bonds. The van der Waals surface area contributed by atoms with E-state index in [9.17, 15) is 9.59 Å². The van der Waals surface area contributed by atoms with Gasteiger partial charge in [-0.25, -0.2) is 4.68 Å². The Labute approximate surface area is 128 Å². The van der Waals surface area contributed by atoms with E-state index in [-0.39, 0.29) is 16.5 Å². The van der Waals surface area contributed by atoms with Gasteiger partial charge in [0.05, 0.1) is 11.9 Å². The molecule has 1 atom stereocenters. The zero-order chi connectivity index (χ0) is 15.4. The van der Waals surface area contributed by atoms with Crippen molar-refractivity contribution in [2.75, 3.05) is 31.6 Å². The van der Waals surface area contributed by atoms with Gasteiger partial charge in [-0.3, -0.25) is 9.59 Å². The van der Waals surface area contributed by atoms with Crippen LogP contribution in [0.5, 0.6) is 0 Å². The second-order valence-electron chi connectivity index (χ2n) is 4.90. The van der Waals surface area contributed by atoms with Gasteiger partial charge < -0.3 is 15.5 Å². The highest BCUT2D eigenvalue weighted by molar-refractivity contribution is 6.33. The van der Waals surface area contributed by atoms with Gasteiger partial charge in [0.25, 0.3) is 5.56 Å². The summed E-state index contributed by atoms with van der Waals surface area (Å²) in [5.41, 5.74) is 0.203. The van der Waals surface area contributed by atoms with Crippen molar-refractivity contribution in [1.29, 1.82) is 0 Å². The SMILES string of the molecule is CCCn1ncc(N2CCNCC2C(=O)NC)c(Cl)c1=O. The first kappa shape index (κ1) is 15.8. The van der Waals surface area contributed by atoms with Gasteiger partial charge in [-0.05, 0) is 6.42 Å². The number of rotatable bonds is 4. The van der Waals surface area contributed by atoms with Crippen molar-refractivity contribution in [1.82, 2.24) is 20.4 Å². The van der Waals surface area contributed by atoms with Gasteiger partial charge in [0.1, 0.15) is 11.1 Å². The van der Waals surface area contributed by atoms with Gasteiger partial charge >= 0.3 is 0 Å². The van der Waals surface area contributed by atoms with Crippen molar-refractivity contribution in [2.45, 2.75) is 25.9 Å². The minimum absolute atomic E-state index is 0.115. The van der Waals surface area contributed by atoms with E-state index >= 15 is 0 Å². The minimum atomic E-state index is -0.399. The first-order valence-corrected chi connectivity index (χ1v) is 7.42. The Balaban J connectivity index is 2.37. The van der Waals surface area contributed by atoms with E-state index in [0.717, 1.165) is 13.0 Å². The van der Waals surface area contributed by atoms with Gasteiger partial charge in [-0.2, -0.15) is 5.10 Å². The van der Waals surface area contributed by atoms with Crippen LogP contribution in [0.4, 0.5) is 5.69 Å². The van der Waals surface area contributed by atoms with Crippen molar-refractivity contribution < 1.29 is 4.79 Å². The van der Waals surface area contributed by atoms with Crippen molar-refractivity contribution in [3.05, 3.63) is 21.6 Å². The smallest absolute Gasteiger partial charge is 0.287 e. The maximum absolute atomic E-state index is 12.2. The van der Waals surface area contributed by atoms with Gasteiger partial charge in [-0.1, -0.05) is 18.5 Å². The second-order valence-corrected chi connectivity index (χ2v) is 5.28. The summed E-state index contributed by atoms with van der Waals surface area (Å²) in [5.74, 6) is -0.115. The van der Waals surface area contributed by atoms with Crippen LogP contribution in [0.15, 0.2) is 11.0 Å². The molecular formula is C13H20ClN5O2. The fourth-order valence-corrected chi connectivity index (χ4v) is 2.68. The molecule has 2 N–H and O–H groups in total. The molecule has 1 aliphatic rings. The Morgan fingerprint density at radius 3 is 3.05 bits per heavy atom. The quantitative estimate of drug-likeness (QED) is 0.807. The third-order valence-corrected chi connectivity index (χ3v) is 3.86. The van der Waals surface area contributed by atoms with E-state index in [1.807, 2.05) is 11.8 Å². The number of nitrogens with zero attached hydrogens (tertiary/aromatic N) is 3. The largest absolute Gasteiger partial charge is 0.357 e. The summed E-state index contributed by atoms with van der Waals surface area (Å²) in [6.45, 7) is 4.32. The van der Waals surface area contributed by atoms with Crippen molar-refractivity contribution in [3.8, 4) is 0 Å². The molecule has 1 aliphatic heterocycles. The molecule has 1 fully saturated rings. The predicted octanol–water partition coefficient (Wildman–Crippen LogP) is -0.169. The van der Waals surface area contributed by atoms with Crippen LogP contribution in [-0.4, -0.2) is 48.4 Å². The molecule has 2 rings (SSSR count). The minimum Gasteiger partial charge on any atom is -0.357 e. The summed E-state index contributed by atoms with van der Waals surface area (Å²) in [7, 11) is 1.59. The average molecular weight is 314 g/mol. The van der Waals surface area contributed by atoms with Gasteiger partial charge in [0.2, 0.25) is 5.91 Å². The molecule has 116 valence electrons. The lowest BCUT2D eigenvalue weighted by atomic mass is 10.1. The number of anilines is 1. The number of carbonyl (C=O) groups is 1. The summed E-state index contributed by atoms with van der Waals surface area (Å²) in [6, 6.07) is -0.399. The maximum atomic E-state index is 12.2. The summed E-state index contributed by atoms with van der Waals surface area (Å²) >= 11 is 6.21. The number of piperazine rings is 1. The number of nitrogens with one attached hydrogen (secondary N) is 2. The number of likely N-dealkylation sites (N-methyl/N-ethyl adjacent to an activating group) is 1. The molecular weight excluding hydrogens is 294 g/mol. The fraction of sp³-hybridized carbons (Fsp3) is 0.615. The number of halogens is 1. The number of hydrogen-bond donors (Lipinski definition) is 2. The third kappa shape index (κ3) is 3.19. The molecule has 0 radical (unpaired) electrons. The van der Waals surface area contributed by atoms with Gasteiger partial charge in [-0.15, -0.1) is 0 Å². The third-order valence-electron chi connectivity index (χ3n) is 3.50. The van der Waals surface area contributed by atoms with Crippen molar-refractivity contribution in [3.63, 3.8) is 0 Å². The van der Waals surface area contributed by atoms with Gasteiger partial charge in [0.15, 0.2) is 0 Å². The number of aromatic nitrogens is 2. The topological polar surface area (TPSA) is 79.3 Å². The summed E-state index contributed by atoms with van der Waals surface area (Å²) in [5, 5.41) is 10.1. The zero-order valence-corrected chi connectivity index (χ0v) is 13.0. The molecule has 0 aromatic carbocycles. The zero-order valence-electron chi connectivity index (χ0n) is 12.2. The van der Waals surface area contributed by atoms with Crippen molar-refractivity contribution in [2.24, 2.45) is 0 Å². The fourth-order valence-electron chi connectivity index (χ4n) is 2.42. The summed E-state index contributed by atoms with van der Waals surface area (Å²) in [4.78, 5) is 26.0. The summed E-state index contributed by atoms with van der Waals surface area (Å²) in [6.07, 6.45) is 2.37. The number of hydrogen-bond acceptors (Lipinski definition) is 5. The summed E-state index contributed by atoms with van der Waals surface area (Å²) < 4.78 is 1.35. The Kier molecular flexibility index (Phi) is 5.19. The van der Waals surface area contributed by atoms with E-state index in [2.05, 4.69) is 15.7 Å². The molecule has 8 heteroatoms. The monoisotopic (exact) mass is 313 g/mol. The van der Waals surface area contributed by atoms with Crippen LogP contribution < -0.4 is 21.1 Å². The Hall–Kier alpha value is -1.60. The molecule has 2 heterocycles. The Morgan fingerprint density at radius 2 is 2.38 bits per heavy atom. The van der Waals surface area contributed by atoms with Crippen LogP contribution in [0.2, 0.25) is 5.02 Å². The van der Waals surface area contributed by atoms with Crippen LogP contribution in [0.3, 0.4) is 0 Å². The van der Waals surface area contributed by atoms with E-state index < -0.39 is 6.04 Å². The van der Waals surface area contributed by atoms with Crippen LogP contribution in [-0.2, 0) is 11.3 Å². The molecule has 1 unspecified atom stereocenters. The van der Waals surface area contributed by atoms with Crippen LogP contribution >= 0.6 is 11.6 Å². The van der Waals surface area contributed by atoms with E-state index in [1.54, 1.807) is 13.2 Å². The van der Waals surface area contributed by atoms with Crippen LogP contribution in [0.25, 0.3) is 0 Å². The lowest BCUT2D eigenvalue weighted by Gasteiger charge is -2.36. The Bertz CT molecular complexity index is 574. The number of amides is 1. The van der Waals surface area contributed by atoms with Crippen LogP contribution in [0.1, 0.15) is 13.3 Å². The highest BCUT2D eigenvalue weighted by atomic mass is 35.5. The molecule has 1 aromatic heterocycles. The highest BCUT2D eigenvalue weighted by Crippen LogP contribution is 2.24. The van der Waals surface area contributed by atoms with E-state index in [1.165, 1.54) is 4.68 Å². The van der Waals surface area contributed by atoms with Crippen molar-refractivity contribution >= 4 is 23.2 Å². The van der Waals surface area contributed by atoms with E-state index in [4.69, 9.17) is 11.6 Å². The lowest BCUT2D eigenvalue weighted by Crippen LogP contribution is -2.58. The molecule has 1 saturated heterocycles. The predicted molar refractivity (Wildman–Crippen MR) is 81.9 cm³/mol. The molecule has 7 nitrogen and oxygen atoms in total. The molecule has 1 aromatic rings. The molecule has 21 heavy (non-hydrogen) atoms. The first-order valence-electron chi connectivity index (χ1n) is 7.04. The van der Waals surface area contributed by atoms with E-state index in [0.29, 0.717) is 25.3 Å². The number of aryl methyl sites for hydroxylation is 1. The maximum Gasteiger partial charge on any atom is 0.287 e. The molecule has 0 bridgehead atoms. The Morgan fingerprint density at radius 1 is 1.62 bits per heavy atom.